The fraction of sp³-hybridized carbons (Fsp3) is 0.636. The number of hydrogen-bond donors (Lipinski definition) is 2. The number of ether oxygens (including phenoxy) is 1. The molecule has 1 aromatic heterocycles. The van der Waals surface area contributed by atoms with Crippen molar-refractivity contribution in [3.8, 4) is 0 Å². The molecule has 1 aromatic rings. The van der Waals surface area contributed by atoms with Crippen LogP contribution in [-0.4, -0.2) is 33.1 Å². The zero-order valence-corrected chi connectivity index (χ0v) is 13.5. The highest BCUT2D eigenvalue weighted by Gasteiger charge is 2.24. The van der Waals surface area contributed by atoms with Gasteiger partial charge in [-0.25, -0.2) is 13.1 Å². The van der Waals surface area contributed by atoms with Crippen LogP contribution in [0.4, 0.5) is 10.7 Å². The van der Waals surface area contributed by atoms with Crippen molar-refractivity contribution < 1.29 is 18.1 Å². The molecule has 10 heteroatoms. The van der Waals surface area contributed by atoms with E-state index in [9.17, 15) is 18.5 Å². The Bertz CT molecular complexity index is 583. The molecule has 0 saturated carbocycles. The predicted molar refractivity (Wildman–Crippen MR) is 80.8 cm³/mol. The average Bonchev–Trinajstić information content (AvgIpc) is 2.76. The maximum Gasteiger partial charge on any atom is 0.304 e. The van der Waals surface area contributed by atoms with Gasteiger partial charge in [0.2, 0.25) is 10.0 Å². The van der Waals surface area contributed by atoms with Crippen molar-refractivity contribution in [3.05, 3.63) is 16.2 Å². The Morgan fingerprint density at radius 2 is 2.14 bits per heavy atom. The lowest BCUT2D eigenvalue weighted by Gasteiger charge is -2.07. The third kappa shape index (κ3) is 5.58. The fourth-order valence-corrected chi connectivity index (χ4v) is 3.66. The van der Waals surface area contributed by atoms with Crippen LogP contribution >= 0.6 is 11.3 Å². The molecule has 0 aliphatic carbocycles. The normalized spacial score (nSPS) is 12.0. The Labute approximate surface area is 127 Å². The minimum Gasteiger partial charge on any atom is -0.385 e. The first-order chi connectivity index (χ1) is 9.74. The van der Waals surface area contributed by atoms with E-state index in [0.717, 1.165) is 12.5 Å². The number of nitrogens with zero attached hydrogens (tertiary/aromatic N) is 1. The summed E-state index contributed by atoms with van der Waals surface area (Å²) in [6.45, 7) is 5.05. The Hall–Kier alpha value is -1.23. The van der Waals surface area contributed by atoms with Crippen LogP contribution in [0, 0.1) is 16.0 Å². The van der Waals surface area contributed by atoms with Crippen molar-refractivity contribution >= 4 is 32.0 Å². The minimum absolute atomic E-state index is 0.103. The third-order valence-corrected chi connectivity index (χ3v) is 5.45. The Morgan fingerprint density at radius 3 is 2.67 bits per heavy atom. The second kappa shape index (κ2) is 7.69. The summed E-state index contributed by atoms with van der Waals surface area (Å²) in [7, 11) is -3.79. The van der Waals surface area contributed by atoms with Gasteiger partial charge in [0.1, 0.15) is 4.21 Å². The summed E-state index contributed by atoms with van der Waals surface area (Å²) in [5.74, 6) is 0.524. The van der Waals surface area contributed by atoms with Crippen molar-refractivity contribution in [1.82, 2.24) is 4.72 Å². The van der Waals surface area contributed by atoms with Crippen LogP contribution in [0.2, 0.25) is 0 Å². The quantitative estimate of drug-likeness (QED) is 0.400. The molecule has 0 unspecified atom stereocenters. The molecule has 0 aliphatic heterocycles. The molecule has 0 saturated heterocycles. The summed E-state index contributed by atoms with van der Waals surface area (Å²) in [5, 5.41) is 10.5. The largest absolute Gasteiger partial charge is 0.385 e. The number of nitrogens with one attached hydrogen (secondary N) is 1. The summed E-state index contributed by atoms with van der Waals surface area (Å²) in [4.78, 5) is 9.94. The van der Waals surface area contributed by atoms with E-state index in [4.69, 9.17) is 10.5 Å². The number of nitro groups is 1. The van der Waals surface area contributed by atoms with E-state index in [0.29, 0.717) is 23.9 Å². The summed E-state index contributed by atoms with van der Waals surface area (Å²) in [5.41, 5.74) is 5.03. The Kier molecular flexibility index (Phi) is 6.52. The molecular weight excluding hydrogens is 318 g/mol. The molecule has 1 heterocycles. The number of thiophene rings is 1. The van der Waals surface area contributed by atoms with Gasteiger partial charge in [0.05, 0.1) is 11.5 Å². The predicted octanol–water partition coefficient (Wildman–Crippen LogP) is 1.58. The topological polar surface area (TPSA) is 125 Å². The van der Waals surface area contributed by atoms with E-state index in [1.54, 1.807) is 0 Å². The van der Waals surface area contributed by atoms with Crippen LogP contribution in [0.5, 0.6) is 0 Å². The molecule has 0 amide bonds. The van der Waals surface area contributed by atoms with E-state index >= 15 is 0 Å². The number of hydrogen-bond acceptors (Lipinski definition) is 7. The highest BCUT2D eigenvalue weighted by molar-refractivity contribution is 7.91. The SMILES string of the molecule is CC(C)CCOCCNS(=O)(=O)c1cc([N+](=O)[O-])c(N)s1. The molecule has 0 fully saturated rings. The summed E-state index contributed by atoms with van der Waals surface area (Å²) >= 11 is 0.667. The maximum absolute atomic E-state index is 11.9. The smallest absolute Gasteiger partial charge is 0.304 e. The van der Waals surface area contributed by atoms with Crippen molar-refractivity contribution in [2.45, 2.75) is 24.5 Å². The van der Waals surface area contributed by atoms with E-state index in [-0.39, 0.29) is 22.4 Å². The Balaban J connectivity index is 2.50. The van der Waals surface area contributed by atoms with Crippen LogP contribution in [0.15, 0.2) is 10.3 Å². The second-order valence-electron chi connectivity index (χ2n) is 4.76. The fourth-order valence-electron chi connectivity index (χ4n) is 1.39. The van der Waals surface area contributed by atoms with E-state index in [2.05, 4.69) is 18.6 Å². The minimum atomic E-state index is -3.79. The van der Waals surface area contributed by atoms with E-state index in [1.807, 2.05) is 0 Å². The zero-order valence-electron chi connectivity index (χ0n) is 11.9. The van der Waals surface area contributed by atoms with E-state index in [1.165, 1.54) is 0 Å². The first kappa shape index (κ1) is 17.8. The van der Waals surface area contributed by atoms with Crippen LogP contribution in [0.1, 0.15) is 20.3 Å². The highest BCUT2D eigenvalue weighted by Crippen LogP contribution is 2.34. The van der Waals surface area contributed by atoms with Crippen LogP contribution in [0.3, 0.4) is 0 Å². The molecular formula is C11H19N3O5S2. The first-order valence-electron chi connectivity index (χ1n) is 6.35. The lowest BCUT2D eigenvalue weighted by atomic mass is 10.1. The molecule has 120 valence electrons. The molecule has 0 radical (unpaired) electrons. The molecule has 21 heavy (non-hydrogen) atoms. The molecule has 8 nitrogen and oxygen atoms in total. The molecule has 1 rings (SSSR count). The van der Waals surface area contributed by atoms with Gasteiger partial charge in [0.25, 0.3) is 0 Å². The van der Waals surface area contributed by atoms with Crippen LogP contribution in [-0.2, 0) is 14.8 Å². The lowest BCUT2D eigenvalue weighted by molar-refractivity contribution is -0.383. The van der Waals surface area contributed by atoms with Gasteiger partial charge in [-0.05, 0) is 12.3 Å². The summed E-state index contributed by atoms with van der Waals surface area (Å²) in [6.07, 6.45) is 0.903. The zero-order chi connectivity index (χ0) is 16.0. The van der Waals surface area contributed by atoms with Crippen molar-refractivity contribution in [1.29, 1.82) is 0 Å². The second-order valence-corrected chi connectivity index (χ2v) is 7.84. The molecule has 0 aromatic carbocycles. The van der Waals surface area contributed by atoms with Crippen molar-refractivity contribution in [2.75, 3.05) is 25.5 Å². The lowest BCUT2D eigenvalue weighted by Crippen LogP contribution is -2.27. The number of nitrogens with two attached hydrogens (primary N) is 1. The van der Waals surface area contributed by atoms with Crippen molar-refractivity contribution in [2.24, 2.45) is 5.92 Å². The van der Waals surface area contributed by atoms with Crippen molar-refractivity contribution in [3.63, 3.8) is 0 Å². The third-order valence-electron chi connectivity index (χ3n) is 2.56. The van der Waals surface area contributed by atoms with Gasteiger partial charge in [0, 0.05) is 19.2 Å². The van der Waals surface area contributed by atoms with Gasteiger partial charge >= 0.3 is 5.69 Å². The highest BCUT2D eigenvalue weighted by atomic mass is 32.2. The standard InChI is InChI=1S/C11H19N3O5S2/c1-8(2)3-5-19-6-4-13-21(17,18)10-7-9(14(15)16)11(12)20-10/h7-8,13H,3-6,12H2,1-2H3. The van der Waals surface area contributed by atoms with Gasteiger partial charge in [0.15, 0.2) is 5.00 Å². The summed E-state index contributed by atoms with van der Waals surface area (Å²) < 4.78 is 31.3. The van der Waals surface area contributed by atoms with Gasteiger partial charge in [-0.1, -0.05) is 25.2 Å². The van der Waals surface area contributed by atoms with Crippen LogP contribution < -0.4 is 10.5 Å². The van der Waals surface area contributed by atoms with Gasteiger partial charge < -0.3 is 10.5 Å². The molecule has 3 N–H and O–H groups in total. The number of sulfonamides is 1. The Morgan fingerprint density at radius 1 is 1.48 bits per heavy atom. The number of nitrogen functional groups attached to an aromatic ring is 1. The molecule has 0 spiro atoms. The molecule has 0 atom stereocenters. The van der Waals surface area contributed by atoms with Gasteiger partial charge in [-0.15, -0.1) is 0 Å². The van der Waals surface area contributed by atoms with Gasteiger partial charge in [-0.2, -0.15) is 0 Å². The number of anilines is 1. The van der Waals surface area contributed by atoms with Crippen LogP contribution in [0.25, 0.3) is 0 Å². The molecule has 0 bridgehead atoms. The monoisotopic (exact) mass is 337 g/mol. The van der Waals surface area contributed by atoms with E-state index < -0.39 is 20.6 Å². The number of rotatable bonds is 9. The van der Waals surface area contributed by atoms with Gasteiger partial charge in [-0.3, -0.25) is 10.1 Å². The first-order valence-corrected chi connectivity index (χ1v) is 8.65. The molecule has 0 aliphatic rings. The maximum atomic E-state index is 11.9. The average molecular weight is 337 g/mol. The summed E-state index contributed by atoms with van der Waals surface area (Å²) in [6, 6.07) is 0.960.